The van der Waals surface area contributed by atoms with Crippen LogP contribution in [0, 0.1) is 0 Å². The van der Waals surface area contributed by atoms with E-state index in [0.29, 0.717) is 29.8 Å². The van der Waals surface area contributed by atoms with E-state index in [-0.39, 0.29) is 6.61 Å². The van der Waals surface area contributed by atoms with Gasteiger partial charge in [-0.2, -0.15) is 4.98 Å². The molecule has 3 N–H and O–H groups in total. The molecule has 0 spiro atoms. The number of hydrogen-bond acceptors (Lipinski definition) is 5. The van der Waals surface area contributed by atoms with Crippen LogP contribution in [-0.4, -0.2) is 21.7 Å². The van der Waals surface area contributed by atoms with Crippen LogP contribution in [0.3, 0.4) is 0 Å². The summed E-state index contributed by atoms with van der Waals surface area (Å²) in [5, 5.41) is 8.88. The standard InChI is InChI=1S/C15H17N3O2/c16-13-9-14(18-15(17-13)11-3-4-11)20-12-5-1-10(2-6-12)7-8-19/h1-2,5-6,9,11,19H,3-4,7-8H2,(H2,16,17,18). The number of aliphatic hydroxyl groups excluding tert-OH is 1. The molecule has 0 aliphatic heterocycles. The van der Waals surface area contributed by atoms with Gasteiger partial charge in [0.15, 0.2) is 0 Å². The van der Waals surface area contributed by atoms with Gasteiger partial charge < -0.3 is 15.6 Å². The fraction of sp³-hybridized carbons (Fsp3) is 0.333. The Bertz CT molecular complexity index is 595. The Kier molecular flexibility index (Phi) is 3.52. The first-order valence-electron chi connectivity index (χ1n) is 6.77. The van der Waals surface area contributed by atoms with Crippen molar-refractivity contribution in [2.24, 2.45) is 0 Å². The Labute approximate surface area is 117 Å². The lowest BCUT2D eigenvalue weighted by Crippen LogP contribution is -2.00. The summed E-state index contributed by atoms with van der Waals surface area (Å²) >= 11 is 0. The highest BCUT2D eigenvalue weighted by atomic mass is 16.5. The third kappa shape index (κ3) is 3.05. The van der Waals surface area contributed by atoms with Gasteiger partial charge >= 0.3 is 0 Å². The smallest absolute Gasteiger partial charge is 0.224 e. The second-order valence-electron chi connectivity index (χ2n) is 4.98. The Balaban J connectivity index is 1.76. The lowest BCUT2D eigenvalue weighted by atomic mass is 10.1. The van der Waals surface area contributed by atoms with Gasteiger partial charge in [0.2, 0.25) is 5.88 Å². The molecule has 0 atom stereocenters. The van der Waals surface area contributed by atoms with Crippen molar-refractivity contribution in [2.75, 3.05) is 12.3 Å². The average molecular weight is 271 g/mol. The van der Waals surface area contributed by atoms with Gasteiger partial charge in [0, 0.05) is 18.6 Å². The molecule has 1 saturated carbocycles. The fourth-order valence-electron chi connectivity index (χ4n) is 2.01. The molecule has 1 aliphatic rings. The zero-order chi connectivity index (χ0) is 13.9. The predicted molar refractivity (Wildman–Crippen MR) is 75.7 cm³/mol. The molecule has 3 rings (SSSR count). The normalized spacial score (nSPS) is 14.2. The van der Waals surface area contributed by atoms with E-state index in [1.54, 1.807) is 6.07 Å². The largest absolute Gasteiger partial charge is 0.439 e. The Morgan fingerprint density at radius 3 is 2.60 bits per heavy atom. The van der Waals surface area contributed by atoms with Crippen LogP contribution < -0.4 is 10.5 Å². The number of ether oxygens (including phenoxy) is 1. The highest BCUT2D eigenvalue weighted by Crippen LogP contribution is 2.39. The summed E-state index contributed by atoms with van der Waals surface area (Å²) in [5.74, 6) is 2.83. The van der Waals surface area contributed by atoms with Crippen LogP contribution in [-0.2, 0) is 6.42 Å². The number of nitrogens with two attached hydrogens (primary N) is 1. The molecule has 1 aromatic heterocycles. The van der Waals surface area contributed by atoms with E-state index >= 15 is 0 Å². The summed E-state index contributed by atoms with van der Waals surface area (Å²) < 4.78 is 5.72. The van der Waals surface area contributed by atoms with Gasteiger partial charge in [0.1, 0.15) is 17.4 Å². The van der Waals surface area contributed by atoms with Gasteiger partial charge in [-0.3, -0.25) is 0 Å². The van der Waals surface area contributed by atoms with E-state index in [9.17, 15) is 0 Å². The quantitative estimate of drug-likeness (QED) is 0.871. The second kappa shape index (κ2) is 5.46. The highest BCUT2D eigenvalue weighted by molar-refractivity contribution is 5.37. The molecular weight excluding hydrogens is 254 g/mol. The molecule has 0 radical (unpaired) electrons. The van der Waals surface area contributed by atoms with Crippen molar-refractivity contribution in [1.29, 1.82) is 0 Å². The molecule has 1 fully saturated rings. The maximum atomic E-state index is 8.88. The molecule has 1 aliphatic carbocycles. The van der Waals surface area contributed by atoms with E-state index in [1.807, 2.05) is 24.3 Å². The minimum atomic E-state index is 0.146. The zero-order valence-electron chi connectivity index (χ0n) is 11.1. The molecule has 5 nitrogen and oxygen atoms in total. The molecule has 1 heterocycles. The summed E-state index contributed by atoms with van der Waals surface area (Å²) in [5.41, 5.74) is 6.85. The van der Waals surface area contributed by atoms with Crippen molar-refractivity contribution in [1.82, 2.24) is 9.97 Å². The van der Waals surface area contributed by atoms with E-state index in [1.165, 1.54) is 0 Å². The minimum Gasteiger partial charge on any atom is -0.439 e. The van der Waals surface area contributed by atoms with Gasteiger partial charge in [-0.25, -0.2) is 4.98 Å². The molecule has 20 heavy (non-hydrogen) atoms. The Morgan fingerprint density at radius 1 is 1.20 bits per heavy atom. The average Bonchev–Trinajstić information content (AvgIpc) is 3.25. The van der Waals surface area contributed by atoms with E-state index < -0.39 is 0 Å². The number of nitrogen functional groups attached to an aromatic ring is 1. The molecule has 0 saturated heterocycles. The maximum absolute atomic E-state index is 8.88. The van der Waals surface area contributed by atoms with Crippen molar-refractivity contribution in [3.05, 3.63) is 41.7 Å². The summed E-state index contributed by atoms with van der Waals surface area (Å²) in [6.07, 6.45) is 2.89. The van der Waals surface area contributed by atoms with Crippen molar-refractivity contribution >= 4 is 5.82 Å². The topological polar surface area (TPSA) is 81.3 Å². The SMILES string of the molecule is Nc1cc(Oc2ccc(CCO)cc2)nc(C2CC2)n1. The third-order valence-electron chi connectivity index (χ3n) is 3.23. The summed E-state index contributed by atoms with van der Waals surface area (Å²) in [7, 11) is 0. The van der Waals surface area contributed by atoms with Gasteiger partial charge in [-0.15, -0.1) is 0 Å². The number of aromatic nitrogens is 2. The van der Waals surface area contributed by atoms with Crippen molar-refractivity contribution in [3.63, 3.8) is 0 Å². The van der Waals surface area contributed by atoms with Gasteiger partial charge in [-0.05, 0) is 37.0 Å². The number of aliphatic hydroxyl groups is 1. The Morgan fingerprint density at radius 2 is 1.95 bits per heavy atom. The Hall–Kier alpha value is -2.14. The number of hydrogen-bond donors (Lipinski definition) is 2. The molecular formula is C15H17N3O2. The molecule has 0 bridgehead atoms. The van der Waals surface area contributed by atoms with Crippen LogP contribution in [0.5, 0.6) is 11.6 Å². The van der Waals surface area contributed by atoms with Crippen LogP contribution in [0.4, 0.5) is 5.82 Å². The molecule has 0 unspecified atom stereocenters. The van der Waals surface area contributed by atoms with Crippen LogP contribution in [0.2, 0.25) is 0 Å². The lowest BCUT2D eigenvalue weighted by Gasteiger charge is -2.08. The predicted octanol–water partition coefficient (Wildman–Crippen LogP) is 2.26. The molecule has 104 valence electrons. The highest BCUT2D eigenvalue weighted by Gasteiger charge is 2.27. The minimum absolute atomic E-state index is 0.146. The van der Waals surface area contributed by atoms with Crippen molar-refractivity contribution < 1.29 is 9.84 Å². The second-order valence-corrected chi connectivity index (χ2v) is 4.98. The molecule has 0 amide bonds. The van der Waals surface area contributed by atoms with E-state index in [4.69, 9.17) is 15.6 Å². The first-order valence-corrected chi connectivity index (χ1v) is 6.77. The number of rotatable bonds is 5. The fourth-order valence-corrected chi connectivity index (χ4v) is 2.01. The summed E-state index contributed by atoms with van der Waals surface area (Å²) in [6, 6.07) is 9.21. The van der Waals surface area contributed by atoms with Crippen molar-refractivity contribution in [2.45, 2.75) is 25.2 Å². The third-order valence-corrected chi connectivity index (χ3v) is 3.23. The summed E-state index contributed by atoms with van der Waals surface area (Å²) in [6.45, 7) is 0.146. The number of anilines is 1. The van der Waals surface area contributed by atoms with Gasteiger partial charge in [0.05, 0.1) is 0 Å². The van der Waals surface area contributed by atoms with Crippen molar-refractivity contribution in [3.8, 4) is 11.6 Å². The molecule has 5 heteroatoms. The van der Waals surface area contributed by atoms with Crippen LogP contribution in [0.25, 0.3) is 0 Å². The molecule has 2 aromatic rings. The molecule has 1 aromatic carbocycles. The van der Waals surface area contributed by atoms with Crippen LogP contribution in [0.15, 0.2) is 30.3 Å². The zero-order valence-corrected chi connectivity index (χ0v) is 11.1. The first kappa shape index (κ1) is 12.9. The lowest BCUT2D eigenvalue weighted by molar-refractivity contribution is 0.299. The number of nitrogens with zero attached hydrogens (tertiary/aromatic N) is 2. The van der Waals surface area contributed by atoms with Crippen LogP contribution in [0.1, 0.15) is 30.1 Å². The van der Waals surface area contributed by atoms with Crippen LogP contribution >= 0.6 is 0 Å². The number of benzene rings is 1. The van der Waals surface area contributed by atoms with E-state index in [0.717, 1.165) is 24.2 Å². The van der Waals surface area contributed by atoms with Gasteiger partial charge in [0.25, 0.3) is 0 Å². The summed E-state index contributed by atoms with van der Waals surface area (Å²) in [4.78, 5) is 8.63. The van der Waals surface area contributed by atoms with E-state index in [2.05, 4.69) is 9.97 Å². The monoisotopic (exact) mass is 271 g/mol. The maximum Gasteiger partial charge on any atom is 0.224 e. The van der Waals surface area contributed by atoms with Gasteiger partial charge in [-0.1, -0.05) is 12.1 Å². The first-order chi connectivity index (χ1) is 9.74.